The summed E-state index contributed by atoms with van der Waals surface area (Å²) in [6.07, 6.45) is 10.3. The van der Waals surface area contributed by atoms with Crippen molar-refractivity contribution >= 4 is 17.8 Å². The van der Waals surface area contributed by atoms with E-state index in [0.29, 0.717) is 0 Å². The lowest BCUT2D eigenvalue weighted by molar-refractivity contribution is -0.115. The van der Waals surface area contributed by atoms with Crippen LogP contribution in [0.2, 0.25) is 0 Å². The van der Waals surface area contributed by atoms with Gasteiger partial charge in [0.25, 0.3) is 0 Å². The van der Waals surface area contributed by atoms with E-state index in [4.69, 9.17) is 0 Å². The number of aliphatic imine (C=N–C) groups is 1. The van der Waals surface area contributed by atoms with Crippen LogP contribution in [0.1, 0.15) is 43.6 Å². The third-order valence-corrected chi connectivity index (χ3v) is 4.04. The lowest BCUT2D eigenvalue weighted by Gasteiger charge is -2.11. The number of anilines is 1. The zero-order chi connectivity index (χ0) is 13.8. The molecule has 0 unspecified atom stereocenters. The molecule has 3 nitrogen and oxygen atoms in total. The Labute approximate surface area is 119 Å². The fourth-order valence-corrected chi connectivity index (χ4v) is 2.90. The molecule has 0 saturated carbocycles. The Morgan fingerprint density at radius 2 is 2.20 bits per heavy atom. The molecule has 0 bridgehead atoms. The Hall–Kier alpha value is -1.90. The zero-order valence-corrected chi connectivity index (χ0v) is 11.6. The average Bonchev–Trinajstić information content (AvgIpc) is 2.80. The van der Waals surface area contributed by atoms with Crippen LogP contribution in [0.4, 0.5) is 5.69 Å². The highest BCUT2D eigenvalue weighted by Crippen LogP contribution is 2.30. The van der Waals surface area contributed by atoms with Crippen LogP contribution in [0.3, 0.4) is 0 Å². The van der Waals surface area contributed by atoms with Crippen LogP contribution in [0.15, 0.2) is 40.9 Å². The van der Waals surface area contributed by atoms with Gasteiger partial charge in [0.1, 0.15) is 5.92 Å². The lowest BCUT2D eigenvalue weighted by atomic mass is 9.97. The van der Waals surface area contributed by atoms with Gasteiger partial charge in [0.05, 0.1) is 0 Å². The van der Waals surface area contributed by atoms with E-state index in [1.807, 2.05) is 30.5 Å². The van der Waals surface area contributed by atoms with E-state index in [1.54, 1.807) is 0 Å². The molecule has 3 rings (SSSR count). The van der Waals surface area contributed by atoms with Gasteiger partial charge in [-0.15, -0.1) is 0 Å². The summed E-state index contributed by atoms with van der Waals surface area (Å²) in [6, 6.07) is 7.84. The minimum absolute atomic E-state index is 0.0341. The Bertz CT molecular complexity index is 560. The summed E-state index contributed by atoms with van der Waals surface area (Å²) < 4.78 is 0. The predicted molar refractivity (Wildman–Crippen MR) is 82.3 cm³/mol. The molecule has 2 aliphatic rings. The second-order valence-corrected chi connectivity index (χ2v) is 5.47. The van der Waals surface area contributed by atoms with Gasteiger partial charge in [-0.3, -0.25) is 9.79 Å². The lowest BCUT2D eigenvalue weighted by Crippen LogP contribution is -2.13. The van der Waals surface area contributed by atoms with Crippen molar-refractivity contribution in [3.8, 4) is 0 Å². The highest BCUT2D eigenvalue weighted by atomic mass is 16.2. The normalized spacial score (nSPS) is 21.7. The average molecular weight is 268 g/mol. The van der Waals surface area contributed by atoms with Crippen molar-refractivity contribution in [2.45, 2.75) is 38.0 Å². The topological polar surface area (TPSA) is 41.5 Å². The number of carbonyl (C=O) groups is 1. The summed E-state index contributed by atoms with van der Waals surface area (Å²) in [5.41, 5.74) is 3.49. The SMILES string of the molecule is O=C1Nc2ccccc2[C@H]1C=NCCC1=CCCCC1. The zero-order valence-electron chi connectivity index (χ0n) is 11.6. The molecule has 1 aliphatic carbocycles. The fourth-order valence-electron chi connectivity index (χ4n) is 2.90. The van der Waals surface area contributed by atoms with E-state index in [0.717, 1.165) is 24.2 Å². The molecule has 20 heavy (non-hydrogen) atoms. The molecule has 0 spiro atoms. The number of hydrogen-bond acceptors (Lipinski definition) is 2. The Morgan fingerprint density at radius 1 is 1.30 bits per heavy atom. The minimum Gasteiger partial charge on any atom is -0.325 e. The number of nitrogens with zero attached hydrogens (tertiary/aromatic N) is 1. The molecule has 1 atom stereocenters. The molecule has 1 N–H and O–H groups in total. The first kappa shape index (κ1) is 13.1. The molecule has 1 aromatic rings. The maximum atomic E-state index is 11.9. The van der Waals surface area contributed by atoms with Crippen LogP contribution >= 0.6 is 0 Å². The summed E-state index contributed by atoms with van der Waals surface area (Å²) in [4.78, 5) is 16.4. The molecule has 1 aromatic carbocycles. The van der Waals surface area contributed by atoms with Gasteiger partial charge >= 0.3 is 0 Å². The molecule has 0 aromatic heterocycles. The number of amides is 1. The quantitative estimate of drug-likeness (QED) is 0.656. The van der Waals surface area contributed by atoms with E-state index in [1.165, 1.54) is 31.3 Å². The summed E-state index contributed by atoms with van der Waals surface area (Å²) >= 11 is 0. The largest absolute Gasteiger partial charge is 0.325 e. The van der Waals surface area contributed by atoms with Crippen LogP contribution in [0.25, 0.3) is 0 Å². The number of allylic oxidation sites excluding steroid dienone is 1. The molecule has 1 heterocycles. The maximum Gasteiger partial charge on any atom is 0.237 e. The number of hydrogen-bond donors (Lipinski definition) is 1. The molecular formula is C17H20N2O. The monoisotopic (exact) mass is 268 g/mol. The van der Waals surface area contributed by atoms with Crippen molar-refractivity contribution in [2.24, 2.45) is 4.99 Å². The number of carbonyl (C=O) groups excluding carboxylic acids is 1. The number of rotatable bonds is 4. The van der Waals surface area contributed by atoms with E-state index in [-0.39, 0.29) is 11.8 Å². The third-order valence-electron chi connectivity index (χ3n) is 4.04. The summed E-state index contributed by atoms with van der Waals surface area (Å²) in [5.74, 6) is -0.182. The molecule has 3 heteroatoms. The van der Waals surface area contributed by atoms with Gasteiger partial charge in [-0.25, -0.2) is 0 Å². The van der Waals surface area contributed by atoms with Gasteiger partial charge in [-0.1, -0.05) is 29.8 Å². The van der Waals surface area contributed by atoms with Crippen molar-refractivity contribution in [2.75, 3.05) is 11.9 Å². The highest BCUT2D eigenvalue weighted by Gasteiger charge is 2.28. The fraction of sp³-hybridized carbons (Fsp3) is 0.412. The highest BCUT2D eigenvalue weighted by molar-refractivity contribution is 6.12. The molecular weight excluding hydrogens is 248 g/mol. The summed E-state index contributed by atoms with van der Waals surface area (Å²) in [7, 11) is 0. The van der Waals surface area contributed by atoms with Gasteiger partial charge in [0.15, 0.2) is 0 Å². The number of para-hydroxylation sites is 1. The Balaban J connectivity index is 1.59. The predicted octanol–water partition coefficient (Wildman–Crippen LogP) is 3.68. The standard InChI is InChI=1S/C17H20N2O/c20-17-15(14-8-4-5-9-16(14)19-17)12-18-11-10-13-6-2-1-3-7-13/h4-6,8-9,12,15H,1-3,7,10-11H2,(H,19,20)/t15-/m1/s1. The van der Waals surface area contributed by atoms with Crippen molar-refractivity contribution in [3.05, 3.63) is 41.5 Å². The Kier molecular flexibility index (Phi) is 3.95. The maximum absolute atomic E-state index is 11.9. The number of fused-ring (bicyclic) bond motifs is 1. The molecule has 1 aliphatic heterocycles. The summed E-state index contributed by atoms with van der Waals surface area (Å²) in [6.45, 7) is 0.789. The van der Waals surface area contributed by atoms with Crippen LogP contribution in [-0.2, 0) is 4.79 Å². The van der Waals surface area contributed by atoms with Crippen LogP contribution in [0.5, 0.6) is 0 Å². The summed E-state index contributed by atoms with van der Waals surface area (Å²) in [5, 5.41) is 2.90. The van der Waals surface area contributed by atoms with E-state index in [2.05, 4.69) is 16.4 Å². The van der Waals surface area contributed by atoms with E-state index in [9.17, 15) is 4.79 Å². The van der Waals surface area contributed by atoms with Gasteiger partial charge in [0, 0.05) is 18.4 Å². The van der Waals surface area contributed by atoms with Gasteiger partial charge in [-0.2, -0.15) is 0 Å². The van der Waals surface area contributed by atoms with Gasteiger partial charge in [-0.05, 0) is 43.7 Å². The first-order chi connectivity index (χ1) is 9.84. The van der Waals surface area contributed by atoms with Gasteiger partial charge < -0.3 is 5.32 Å². The van der Waals surface area contributed by atoms with Crippen molar-refractivity contribution in [1.82, 2.24) is 0 Å². The number of benzene rings is 1. The molecule has 0 fully saturated rings. The third kappa shape index (κ3) is 2.82. The molecule has 0 saturated heterocycles. The number of nitrogens with one attached hydrogen (secondary N) is 1. The van der Waals surface area contributed by atoms with Crippen LogP contribution in [-0.4, -0.2) is 18.7 Å². The first-order valence-corrected chi connectivity index (χ1v) is 7.42. The second-order valence-electron chi connectivity index (χ2n) is 5.47. The Morgan fingerprint density at radius 3 is 3.05 bits per heavy atom. The van der Waals surface area contributed by atoms with Crippen LogP contribution in [0, 0.1) is 0 Å². The molecule has 1 amide bonds. The van der Waals surface area contributed by atoms with Crippen molar-refractivity contribution < 1.29 is 4.79 Å². The van der Waals surface area contributed by atoms with E-state index < -0.39 is 0 Å². The van der Waals surface area contributed by atoms with Crippen LogP contribution < -0.4 is 5.32 Å². The first-order valence-electron chi connectivity index (χ1n) is 7.42. The smallest absolute Gasteiger partial charge is 0.237 e. The van der Waals surface area contributed by atoms with Crippen molar-refractivity contribution in [1.29, 1.82) is 0 Å². The van der Waals surface area contributed by atoms with E-state index >= 15 is 0 Å². The second kappa shape index (κ2) is 6.04. The van der Waals surface area contributed by atoms with Gasteiger partial charge in [0.2, 0.25) is 5.91 Å². The van der Waals surface area contributed by atoms with Crippen molar-refractivity contribution in [3.63, 3.8) is 0 Å². The minimum atomic E-state index is -0.216. The molecule has 104 valence electrons. The molecule has 0 radical (unpaired) electrons.